The van der Waals surface area contributed by atoms with Gasteiger partial charge in [-0.25, -0.2) is 0 Å². The van der Waals surface area contributed by atoms with E-state index in [1.807, 2.05) is 0 Å². The fraction of sp³-hybridized carbons (Fsp3) is 1.00. The second-order valence-electron chi connectivity index (χ2n) is 7.83. The van der Waals surface area contributed by atoms with Crippen molar-refractivity contribution < 1.29 is 0 Å². The monoisotopic (exact) mass is 253 g/mol. The normalized spacial score (nSPS) is 29.8. The third-order valence-electron chi connectivity index (χ3n) is 4.64. The highest BCUT2D eigenvalue weighted by Crippen LogP contribution is 2.42. The summed E-state index contributed by atoms with van der Waals surface area (Å²) in [6.45, 7) is 15.5. The molecule has 0 spiro atoms. The molecule has 3 unspecified atom stereocenters. The minimum absolute atomic E-state index is 0.491. The average Bonchev–Trinajstić information content (AvgIpc) is 2.25. The summed E-state index contributed by atoms with van der Waals surface area (Å²) in [5.74, 6) is 2.65. The van der Waals surface area contributed by atoms with E-state index in [2.05, 4.69) is 46.9 Å². The van der Waals surface area contributed by atoms with Gasteiger partial charge >= 0.3 is 0 Å². The topological polar surface area (TPSA) is 12.0 Å². The van der Waals surface area contributed by atoms with Crippen LogP contribution in [0.2, 0.25) is 0 Å². The molecule has 1 rings (SSSR count). The second-order valence-corrected chi connectivity index (χ2v) is 7.83. The van der Waals surface area contributed by atoms with Crippen molar-refractivity contribution in [3.63, 3.8) is 0 Å². The molecule has 0 aromatic heterocycles. The Morgan fingerprint density at radius 2 is 1.83 bits per heavy atom. The predicted molar refractivity (Wildman–Crippen MR) is 81.8 cm³/mol. The molecule has 1 N–H and O–H groups in total. The maximum atomic E-state index is 3.80. The summed E-state index contributed by atoms with van der Waals surface area (Å²) in [4.78, 5) is 0. The molecular weight excluding hydrogens is 218 g/mol. The fourth-order valence-corrected chi connectivity index (χ4v) is 3.52. The van der Waals surface area contributed by atoms with E-state index in [9.17, 15) is 0 Å². The van der Waals surface area contributed by atoms with Crippen LogP contribution in [0.25, 0.3) is 0 Å². The van der Waals surface area contributed by atoms with Gasteiger partial charge in [-0.2, -0.15) is 0 Å². The zero-order chi connectivity index (χ0) is 13.8. The lowest BCUT2D eigenvalue weighted by atomic mass is 9.66. The van der Waals surface area contributed by atoms with Crippen molar-refractivity contribution >= 4 is 0 Å². The summed E-state index contributed by atoms with van der Waals surface area (Å²) >= 11 is 0. The van der Waals surface area contributed by atoms with Crippen molar-refractivity contribution in [3.8, 4) is 0 Å². The van der Waals surface area contributed by atoms with E-state index < -0.39 is 0 Å². The number of nitrogens with one attached hydrogen (secondary N) is 1. The second kappa shape index (κ2) is 6.93. The van der Waals surface area contributed by atoms with Gasteiger partial charge in [-0.15, -0.1) is 0 Å². The Labute approximate surface area is 115 Å². The van der Waals surface area contributed by atoms with E-state index in [1.54, 1.807) is 0 Å². The lowest BCUT2D eigenvalue weighted by Gasteiger charge is -2.43. The van der Waals surface area contributed by atoms with Crippen LogP contribution >= 0.6 is 0 Å². The highest BCUT2D eigenvalue weighted by molar-refractivity contribution is 4.89. The molecule has 3 atom stereocenters. The number of hydrogen-bond donors (Lipinski definition) is 1. The third kappa shape index (κ3) is 4.91. The highest BCUT2D eigenvalue weighted by Gasteiger charge is 2.35. The minimum atomic E-state index is 0.491. The first-order chi connectivity index (χ1) is 8.34. The molecule has 1 aliphatic rings. The summed E-state index contributed by atoms with van der Waals surface area (Å²) in [7, 11) is 0. The Kier molecular flexibility index (Phi) is 6.17. The summed E-state index contributed by atoms with van der Waals surface area (Å²) in [6.07, 6.45) is 6.89. The van der Waals surface area contributed by atoms with Gasteiger partial charge < -0.3 is 5.32 Å². The molecule has 0 aromatic carbocycles. The zero-order valence-electron chi connectivity index (χ0n) is 13.6. The highest BCUT2D eigenvalue weighted by atomic mass is 14.9. The van der Waals surface area contributed by atoms with Crippen LogP contribution in [0, 0.1) is 23.2 Å². The largest absolute Gasteiger partial charge is 0.314 e. The van der Waals surface area contributed by atoms with Crippen molar-refractivity contribution in [2.24, 2.45) is 23.2 Å². The first-order valence-electron chi connectivity index (χ1n) is 8.08. The Morgan fingerprint density at radius 3 is 2.33 bits per heavy atom. The summed E-state index contributed by atoms with van der Waals surface area (Å²) in [5.41, 5.74) is 0.491. The summed E-state index contributed by atoms with van der Waals surface area (Å²) < 4.78 is 0. The van der Waals surface area contributed by atoms with Crippen molar-refractivity contribution in [1.29, 1.82) is 0 Å². The van der Waals surface area contributed by atoms with E-state index in [-0.39, 0.29) is 0 Å². The number of hydrogen-bond acceptors (Lipinski definition) is 1. The molecular formula is C17H35N. The SMILES string of the molecule is CCCNC1CCC(C(C)(C)C)CC1CC(C)C. The molecule has 0 aliphatic heterocycles. The van der Waals surface area contributed by atoms with Gasteiger partial charge in [0.2, 0.25) is 0 Å². The van der Waals surface area contributed by atoms with Gasteiger partial charge in [-0.05, 0) is 61.8 Å². The van der Waals surface area contributed by atoms with Crippen LogP contribution in [-0.4, -0.2) is 12.6 Å². The Hall–Kier alpha value is -0.0400. The molecule has 108 valence electrons. The van der Waals surface area contributed by atoms with Crippen LogP contribution in [-0.2, 0) is 0 Å². The molecule has 18 heavy (non-hydrogen) atoms. The Balaban J connectivity index is 2.60. The molecule has 0 amide bonds. The van der Waals surface area contributed by atoms with E-state index in [4.69, 9.17) is 0 Å². The van der Waals surface area contributed by atoms with Crippen molar-refractivity contribution in [2.75, 3.05) is 6.54 Å². The number of rotatable bonds is 5. The van der Waals surface area contributed by atoms with Crippen molar-refractivity contribution in [2.45, 2.75) is 79.7 Å². The van der Waals surface area contributed by atoms with Gasteiger partial charge in [0.05, 0.1) is 0 Å². The van der Waals surface area contributed by atoms with Crippen LogP contribution in [0.3, 0.4) is 0 Å². The predicted octanol–water partition coefficient (Wildman–Crippen LogP) is 4.86. The molecule has 0 saturated heterocycles. The molecule has 1 fully saturated rings. The van der Waals surface area contributed by atoms with E-state index >= 15 is 0 Å². The van der Waals surface area contributed by atoms with Gasteiger partial charge in [0.15, 0.2) is 0 Å². The van der Waals surface area contributed by atoms with Crippen molar-refractivity contribution in [3.05, 3.63) is 0 Å². The molecule has 1 heteroatoms. The van der Waals surface area contributed by atoms with Crippen LogP contribution in [0.15, 0.2) is 0 Å². The van der Waals surface area contributed by atoms with E-state index in [0.29, 0.717) is 5.41 Å². The molecule has 1 nitrogen and oxygen atoms in total. The molecule has 1 aliphatic carbocycles. The Bertz CT molecular complexity index is 226. The summed E-state index contributed by atoms with van der Waals surface area (Å²) in [5, 5.41) is 3.80. The van der Waals surface area contributed by atoms with Gasteiger partial charge in [0, 0.05) is 6.04 Å². The molecule has 0 radical (unpaired) electrons. The zero-order valence-corrected chi connectivity index (χ0v) is 13.6. The minimum Gasteiger partial charge on any atom is -0.314 e. The summed E-state index contributed by atoms with van der Waals surface area (Å²) in [6, 6.07) is 0.783. The molecule has 0 heterocycles. The van der Waals surface area contributed by atoms with E-state index in [0.717, 1.165) is 23.8 Å². The smallest absolute Gasteiger partial charge is 0.00956 e. The average molecular weight is 253 g/mol. The van der Waals surface area contributed by atoms with Crippen LogP contribution in [0.1, 0.15) is 73.6 Å². The van der Waals surface area contributed by atoms with Crippen LogP contribution < -0.4 is 5.32 Å². The third-order valence-corrected chi connectivity index (χ3v) is 4.64. The molecule has 1 saturated carbocycles. The molecule has 0 aromatic rings. The Morgan fingerprint density at radius 1 is 1.17 bits per heavy atom. The fourth-order valence-electron chi connectivity index (χ4n) is 3.52. The van der Waals surface area contributed by atoms with Crippen molar-refractivity contribution in [1.82, 2.24) is 5.32 Å². The van der Waals surface area contributed by atoms with E-state index in [1.165, 1.54) is 38.6 Å². The quantitative estimate of drug-likeness (QED) is 0.737. The van der Waals surface area contributed by atoms with Gasteiger partial charge in [-0.3, -0.25) is 0 Å². The van der Waals surface area contributed by atoms with Gasteiger partial charge in [0.1, 0.15) is 0 Å². The maximum absolute atomic E-state index is 3.80. The first-order valence-corrected chi connectivity index (χ1v) is 8.08. The lowest BCUT2D eigenvalue weighted by Crippen LogP contribution is -2.43. The van der Waals surface area contributed by atoms with Crippen LogP contribution in [0.4, 0.5) is 0 Å². The maximum Gasteiger partial charge on any atom is 0.00956 e. The van der Waals surface area contributed by atoms with Gasteiger partial charge in [0.25, 0.3) is 0 Å². The van der Waals surface area contributed by atoms with Crippen LogP contribution in [0.5, 0.6) is 0 Å². The molecule has 0 bridgehead atoms. The standard InChI is InChI=1S/C17H35N/c1-7-10-18-16-9-8-15(17(4,5)6)12-14(16)11-13(2)3/h13-16,18H,7-12H2,1-6H3. The van der Waals surface area contributed by atoms with Gasteiger partial charge in [-0.1, -0.05) is 41.5 Å². The first kappa shape index (κ1) is 16.0. The lowest BCUT2D eigenvalue weighted by molar-refractivity contribution is 0.103.